The number of carbonyl (C=O) groups is 1. The SMILES string of the molecule is CC(C)c1ccccc1O[C@H](C)C(=O)NCc1ccc(F)cc1. The van der Waals surface area contributed by atoms with E-state index in [0.717, 1.165) is 16.9 Å². The summed E-state index contributed by atoms with van der Waals surface area (Å²) in [6, 6.07) is 13.8. The predicted molar refractivity (Wildman–Crippen MR) is 88.9 cm³/mol. The number of hydrogen-bond acceptors (Lipinski definition) is 2. The molecule has 3 nitrogen and oxygen atoms in total. The highest BCUT2D eigenvalue weighted by atomic mass is 19.1. The summed E-state index contributed by atoms with van der Waals surface area (Å²) in [6.45, 7) is 6.23. The molecule has 0 aliphatic heterocycles. The Kier molecular flexibility index (Phi) is 5.74. The van der Waals surface area contributed by atoms with Gasteiger partial charge in [-0.3, -0.25) is 4.79 Å². The topological polar surface area (TPSA) is 38.3 Å². The molecule has 0 spiro atoms. The average molecular weight is 315 g/mol. The van der Waals surface area contributed by atoms with E-state index in [1.54, 1.807) is 19.1 Å². The minimum absolute atomic E-state index is 0.201. The van der Waals surface area contributed by atoms with Crippen molar-refractivity contribution in [3.05, 3.63) is 65.5 Å². The zero-order valence-corrected chi connectivity index (χ0v) is 13.7. The van der Waals surface area contributed by atoms with Crippen molar-refractivity contribution in [2.75, 3.05) is 0 Å². The summed E-state index contributed by atoms with van der Waals surface area (Å²) in [4.78, 5) is 12.2. The molecular formula is C19H22FNO2. The standard InChI is InChI=1S/C19H22FNO2/c1-13(2)17-6-4-5-7-18(17)23-14(3)19(22)21-12-15-8-10-16(20)11-9-15/h4-11,13-14H,12H2,1-3H3,(H,21,22)/t14-/m1/s1. The van der Waals surface area contributed by atoms with Crippen molar-refractivity contribution in [1.29, 1.82) is 0 Å². The minimum Gasteiger partial charge on any atom is -0.481 e. The van der Waals surface area contributed by atoms with E-state index in [4.69, 9.17) is 4.74 Å². The van der Waals surface area contributed by atoms with Crippen molar-refractivity contribution < 1.29 is 13.9 Å². The highest BCUT2D eigenvalue weighted by Gasteiger charge is 2.16. The first-order chi connectivity index (χ1) is 11.0. The second-order valence-electron chi connectivity index (χ2n) is 5.80. The minimum atomic E-state index is -0.602. The van der Waals surface area contributed by atoms with E-state index < -0.39 is 6.10 Å². The second-order valence-corrected chi connectivity index (χ2v) is 5.80. The van der Waals surface area contributed by atoms with Gasteiger partial charge in [-0.25, -0.2) is 4.39 Å². The predicted octanol–water partition coefficient (Wildman–Crippen LogP) is 4.03. The van der Waals surface area contributed by atoms with Gasteiger partial charge in [0.25, 0.3) is 5.91 Å². The summed E-state index contributed by atoms with van der Waals surface area (Å²) in [5, 5.41) is 2.80. The summed E-state index contributed by atoms with van der Waals surface area (Å²) in [6.07, 6.45) is -0.602. The molecule has 4 heteroatoms. The fourth-order valence-electron chi connectivity index (χ4n) is 2.24. The van der Waals surface area contributed by atoms with Crippen LogP contribution in [0.15, 0.2) is 48.5 Å². The lowest BCUT2D eigenvalue weighted by molar-refractivity contribution is -0.127. The van der Waals surface area contributed by atoms with Gasteiger partial charge in [0.1, 0.15) is 11.6 Å². The van der Waals surface area contributed by atoms with E-state index in [1.807, 2.05) is 24.3 Å². The van der Waals surface area contributed by atoms with Gasteiger partial charge in [0, 0.05) is 6.54 Å². The smallest absolute Gasteiger partial charge is 0.261 e. The van der Waals surface area contributed by atoms with E-state index in [9.17, 15) is 9.18 Å². The number of nitrogens with one attached hydrogen (secondary N) is 1. The third-order valence-corrected chi connectivity index (χ3v) is 3.59. The fraction of sp³-hybridized carbons (Fsp3) is 0.316. The van der Waals surface area contributed by atoms with Crippen LogP contribution in [0.5, 0.6) is 5.75 Å². The van der Waals surface area contributed by atoms with Crippen LogP contribution in [-0.2, 0) is 11.3 Å². The number of amides is 1. The van der Waals surface area contributed by atoms with E-state index in [-0.39, 0.29) is 11.7 Å². The van der Waals surface area contributed by atoms with Gasteiger partial charge >= 0.3 is 0 Å². The Hall–Kier alpha value is -2.36. The van der Waals surface area contributed by atoms with Crippen molar-refractivity contribution in [3.8, 4) is 5.75 Å². The van der Waals surface area contributed by atoms with Crippen LogP contribution in [0.4, 0.5) is 4.39 Å². The zero-order valence-electron chi connectivity index (χ0n) is 13.7. The number of para-hydroxylation sites is 1. The van der Waals surface area contributed by atoms with Crippen LogP contribution >= 0.6 is 0 Å². The number of rotatable bonds is 6. The summed E-state index contributed by atoms with van der Waals surface area (Å²) in [5.74, 6) is 0.558. The van der Waals surface area contributed by atoms with Crippen molar-refractivity contribution in [1.82, 2.24) is 5.32 Å². The van der Waals surface area contributed by atoms with E-state index in [1.165, 1.54) is 12.1 Å². The van der Waals surface area contributed by atoms with Gasteiger partial charge in [-0.2, -0.15) is 0 Å². The Balaban J connectivity index is 1.94. The molecule has 1 N–H and O–H groups in total. The lowest BCUT2D eigenvalue weighted by atomic mass is 10.0. The van der Waals surface area contributed by atoms with Crippen LogP contribution in [0, 0.1) is 5.82 Å². The Bertz CT molecular complexity index is 653. The van der Waals surface area contributed by atoms with Crippen LogP contribution in [0.3, 0.4) is 0 Å². The van der Waals surface area contributed by atoms with E-state index >= 15 is 0 Å². The first-order valence-corrected chi connectivity index (χ1v) is 7.75. The maximum Gasteiger partial charge on any atom is 0.261 e. The van der Waals surface area contributed by atoms with Crippen molar-refractivity contribution in [2.24, 2.45) is 0 Å². The second kappa shape index (κ2) is 7.77. The summed E-state index contributed by atoms with van der Waals surface area (Å²) < 4.78 is 18.7. The van der Waals surface area contributed by atoms with Crippen molar-refractivity contribution in [2.45, 2.75) is 39.3 Å². The van der Waals surface area contributed by atoms with Crippen molar-refractivity contribution >= 4 is 5.91 Å². The molecule has 0 unspecified atom stereocenters. The van der Waals surface area contributed by atoms with Gasteiger partial charge in [0.05, 0.1) is 0 Å². The van der Waals surface area contributed by atoms with Crippen LogP contribution in [0.2, 0.25) is 0 Å². The molecule has 1 amide bonds. The molecule has 0 saturated heterocycles. The number of ether oxygens (including phenoxy) is 1. The number of hydrogen-bond donors (Lipinski definition) is 1. The van der Waals surface area contributed by atoms with Gasteiger partial charge in [0.2, 0.25) is 0 Å². The first-order valence-electron chi connectivity index (χ1n) is 7.75. The fourth-order valence-corrected chi connectivity index (χ4v) is 2.24. The maximum absolute atomic E-state index is 12.9. The molecule has 0 aromatic heterocycles. The first kappa shape index (κ1) is 17.0. The molecule has 0 fully saturated rings. The van der Waals surface area contributed by atoms with E-state index in [2.05, 4.69) is 19.2 Å². The summed E-state index contributed by atoms with van der Waals surface area (Å²) in [7, 11) is 0. The van der Waals surface area contributed by atoms with Crippen LogP contribution < -0.4 is 10.1 Å². The highest BCUT2D eigenvalue weighted by molar-refractivity contribution is 5.80. The average Bonchev–Trinajstić information content (AvgIpc) is 2.54. The third kappa shape index (κ3) is 4.81. The Labute approximate surface area is 136 Å². The number of halogens is 1. The quantitative estimate of drug-likeness (QED) is 0.874. The molecule has 0 saturated carbocycles. The Morgan fingerprint density at radius 2 is 1.74 bits per heavy atom. The molecule has 0 radical (unpaired) electrons. The normalized spacial score (nSPS) is 12.0. The molecule has 23 heavy (non-hydrogen) atoms. The molecule has 0 aliphatic rings. The molecular weight excluding hydrogens is 293 g/mol. The van der Waals surface area contributed by atoms with Gasteiger partial charge in [-0.05, 0) is 42.2 Å². The van der Waals surface area contributed by atoms with Gasteiger partial charge in [0.15, 0.2) is 6.10 Å². The Morgan fingerprint density at radius 1 is 1.09 bits per heavy atom. The van der Waals surface area contributed by atoms with Gasteiger partial charge in [-0.15, -0.1) is 0 Å². The highest BCUT2D eigenvalue weighted by Crippen LogP contribution is 2.26. The molecule has 122 valence electrons. The van der Waals surface area contributed by atoms with E-state index in [0.29, 0.717) is 12.5 Å². The Morgan fingerprint density at radius 3 is 2.39 bits per heavy atom. The van der Waals surface area contributed by atoms with Crippen LogP contribution in [0.25, 0.3) is 0 Å². The lowest BCUT2D eigenvalue weighted by Gasteiger charge is -2.18. The maximum atomic E-state index is 12.9. The van der Waals surface area contributed by atoms with Gasteiger partial charge < -0.3 is 10.1 Å². The third-order valence-electron chi connectivity index (χ3n) is 3.59. The van der Waals surface area contributed by atoms with Crippen LogP contribution in [0.1, 0.15) is 37.8 Å². The number of benzene rings is 2. The molecule has 2 aromatic carbocycles. The van der Waals surface area contributed by atoms with Crippen LogP contribution in [-0.4, -0.2) is 12.0 Å². The molecule has 0 aliphatic carbocycles. The molecule has 1 atom stereocenters. The summed E-state index contributed by atoms with van der Waals surface area (Å²) in [5.41, 5.74) is 1.92. The zero-order chi connectivity index (χ0) is 16.8. The molecule has 0 bridgehead atoms. The lowest BCUT2D eigenvalue weighted by Crippen LogP contribution is -2.36. The monoisotopic (exact) mass is 315 g/mol. The van der Waals surface area contributed by atoms with Gasteiger partial charge in [-0.1, -0.05) is 44.2 Å². The molecule has 2 aromatic rings. The molecule has 2 rings (SSSR count). The summed E-state index contributed by atoms with van der Waals surface area (Å²) >= 11 is 0. The number of carbonyl (C=O) groups excluding carboxylic acids is 1. The largest absolute Gasteiger partial charge is 0.481 e. The molecule has 0 heterocycles. The van der Waals surface area contributed by atoms with Crippen molar-refractivity contribution in [3.63, 3.8) is 0 Å².